The van der Waals surface area contributed by atoms with Gasteiger partial charge in [0.1, 0.15) is 5.75 Å². The zero-order chi connectivity index (χ0) is 16.5. The van der Waals surface area contributed by atoms with Gasteiger partial charge in [0.2, 0.25) is 0 Å². The van der Waals surface area contributed by atoms with E-state index in [1.165, 1.54) is 25.3 Å². The summed E-state index contributed by atoms with van der Waals surface area (Å²) in [6.07, 6.45) is -1.03. The first-order chi connectivity index (χ1) is 10.9. The maximum absolute atomic E-state index is 12.3. The molecule has 0 bridgehead atoms. The van der Waals surface area contributed by atoms with Crippen LogP contribution in [0.4, 0.5) is 13.2 Å². The Balaban J connectivity index is 1.61. The van der Waals surface area contributed by atoms with Crippen LogP contribution in [0.1, 0.15) is 24.8 Å². The Morgan fingerprint density at radius 1 is 1.22 bits per heavy atom. The van der Waals surface area contributed by atoms with E-state index in [0.29, 0.717) is 9.89 Å². The quantitative estimate of drug-likeness (QED) is 0.843. The normalized spacial score (nSPS) is 21.7. The van der Waals surface area contributed by atoms with Crippen molar-refractivity contribution in [3.05, 3.63) is 28.2 Å². The summed E-state index contributed by atoms with van der Waals surface area (Å²) >= 11 is 3.17. The number of rotatable bonds is 3. The topological polar surface area (TPSA) is 24.5 Å². The van der Waals surface area contributed by atoms with Gasteiger partial charge in [-0.25, -0.2) is 0 Å². The number of halogens is 4. The molecule has 3 rings (SSSR count). The fourth-order valence-corrected chi connectivity index (χ4v) is 4.14. The molecule has 128 valence electrons. The van der Waals surface area contributed by atoms with Crippen LogP contribution in [-0.2, 0) is 6.54 Å². The lowest BCUT2D eigenvalue weighted by Crippen LogP contribution is -2.38. The predicted octanol–water partition coefficient (Wildman–Crippen LogP) is 3.92. The largest absolute Gasteiger partial charge is 0.573 e. The summed E-state index contributed by atoms with van der Waals surface area (Å²) in [6.45, 7) is 5.07. The third kappa shape index (κ3) is 4.39. The lowest BCUT2D eigenvalue weighted by Gasteiger charge is -2.34. The highest BCUT2D eigenvalue weighted by atomic mass is 79.9. The van der Waals surface area contributed by atoms with Gasteiger partial charge < -0.3 is 10.1 Å². The van der Waals surface area contributed by atoms with Gasteiger partial charge in [-0.2, -0.15) is 0 Å². The molecule has 2 heterocycles. The molecular formula is C16H20BrF3N2O. The Kier molecular flexibility index (Phi) is 4.90. The Bertz CT molecular complexity index is 559. The first kappa shape index (κ1) is 17.0. The van der Waals surface area contributed by atoms with E-state index >= 15 is 0 Å². The van der Waals surface area contributed by atoms with Gasteiger partial charge in [-0.3, -0.25) is 4.90 Å². The number of likely N-dealkylation sites (tertiary alicyclic amines) is 1. The molecular weight excluding hydrogens is 373 g/mol. The van der Waals surface area contributed by atoms with Crippen LogP contribution in [0.3, 0.4) is 0 Å². The minimum atomic E-state index is -4.67. The Morgan fingerprint density at radius 3 is 2.61 bits per heavy atom. The van der Waals surface area contributed by atoms with Crippen LogP contribution >= 0.6 is 15.9 Å². The van der Waals surface area contributed by atoms with E-state index in [9.17, 15) is 13.2 Å². The molecule has 0 aliphatic carbocycles. The summed E-state index contributed by atoms with van der Waals surface area (Å²) in [5.41, 5.74) is 1.43. The fourth-order valence-electron chi connectivity index (χ4n) is 3.64. The van der Waals surface area contributed by atoms with Crippen LogP contribution in [0, 0.1) is 5.41 Å². The highest BCUT2D eigenvalue weighted by Crippen LogP contribution is 2.39. The van der Waals surface area contributed by atoms with Crippen LogP contribution in [0.15, 0.2) is 22.7 Å². The lowest BCUT2D eigenvalue weighted by atomic mass is 9.78. The van der Waals surface area contributed by atoms with Crippen molar-refractivity contribution in [2.75, 3.05) is 26.2 Å². The molecule has 1 spiro atoms. The van der Waals surface area contributed by atoms with Crippen molar-refractivity contribution in [3.63, 3.8) is 0 Å². The fraction of sp³-hybridized carbons (Fsp3) is 0.625. The molecule has 1 N–H and O–H groups in total. The number of ether oxygens (including phenoxy) is 1. The zero-order valence-electron chi connectivity index (χ0n) is 12.8. The monoisotopic (exact) mass is 392 g/mol. The second kappa shape index (κ2) is 6.61. The second-order valence-electron chi connectivity index (χ2n) is 6.52. The molecule has 0 amide bonds. The van der Waals surface area contributed by atoms with Crippen LogP contribution in [0.2, 0.25) is 0 Å². The van der Waals surface area contributed by atoms with Crippen LogP contribution in [-0.4, -0.2) is 37.4 Å². The van der Waals surface area contributed by atoms with Gasteiger partial charge in [0, 0.05) is 13.1 Å². The van der Waals surface area contributed by atoms with Gasteiger partial charge in [0.15, 0.2) is 0 Å². The molecule has 2 aliphatic rings. The first-order valence-electron chi connectivity index (χ1n) is 7.83. The molecule has 2 fully saturated rings. The maximum atomic E-state index is 12.3. The van der Waals surface area contributed by atoms with Crippen molar-refractivity contribution >= 4 is 15.9 Å². The summed E-state index contributed by atoms with van der Waals surface area (Å²) in [4.78, 5) is 2.40. The van der Waals surface area contributed by atoms with E-state index < -0.39 is 6.36 Å². The standard InChI is InChI=1S/C16H20BrF3N2O/c17-13-9-12(1-2-14(13)23-16(18,19)20)10-22-8-5-15(11-22)3-6-21-7-4-15/h1-2,9,21H,3-8,10-11H2. The van der Waals surface area contributed by atoms with E-state index in [4.69, 9.17) is 0 Å². The number of alkyl halides is 3. The SMILES string of the molecule is FC(F)(F)Oc1ccc(CN2CCC3(CCNCC3)C2)cc1Br. The number of nitrogens with zero attached hydrogens (tertiary/aromatic N) is 1. The second-order valence-corrected chi connectivity index (χ2v) is 7.38. The average molecular weight is 393 g/mol. The van der Waals surface area contributed by atoms with Crippen LogP contribution < -0.4 is 10.1 Å². The highest BCUT2D eigenvalue weighted by Gasteiger charge is 2.38. The minimum absolute atomic E-state index is 0.197. The van der Waals surface area contributed by atoms with Gasteiger partial charge in [-0.1, -0.05) is 6.07 Å². The van der Waals surface area contributed by atoms with Crippen LogP contribution in [0.5, 0.6) is 5.75 Å². The molecule has 0 radical (unpaired) electrons. The summed E-state index contributed by atoms with van der Waals surface area (Å²) < 4.78 is 41.2. The molecule has 1 aromatic rings. The van der Waals surface area contributed by atoms with E-state index in [1.807, 2.05) is 0 Å². The molecule has 2 saturated heterocycles. The van der Waals surface area contributed by atoms with Crippen LogP contribution in [0.25, 0.3) is 0 Å². The summed E-state index contributed by atoms with van der Waals surface area (Å²) in [5, 5.41) is 3.40. The molecule has 23 heavy (non-hydrogen) atoms. The van der Waals surface area contributed by atoms with Crippen molar-refractivity contribution in [2.24, 2.45) is 5.41 Å². The summed E-state index contributed by atoms with van der Waals surface area (Å²) in [5.74, 6) is -0.197. The minimum Gasteiger partial charge on any atom is -0.405 e. The number of piperidine rings is 1. The van der Waals surface area contributed by atoms with Crippen molar-refractivity contribution < 1.29 is 17.9 Å². The summed E-state index contributed by atoms with van der Waals surface area (Å²) in [6, 6.07) is 4.80. The predicted molar refractivity (Wildman–Crippen MR) is 85.3 cm³/mol. The van der Waals surface area contributed by atoms with E-state index in [-0.39, 0.29) is 5.75 Å². The van der Waals surface area contributed by atoms with Crippen molar-refractivity contribution in [3.8, 4) is 5.75 Å². The average Bonchev–Trinajstić information content (AvgIpc) is 2.84. The Hall–Kier alpha value is -0.790. The molecule has 2 aliphatic heterocycles. The van der Waals surface area contributed by atoms with Gasteiger partial charge in [-0.15, -0.1) is 13.2 Å². The number of nitrogens with one attached hydrogen (secondary N) is 1. The zero-order valence-corrected chi connectivity index (χ0v) is 14.3. The Labute approximate surface area is 142 Å². The van der Waals surface area contributed by atoms with E-state index in [1.54, 1.807) is 12.1 Å². The summed E-state index contributed by atoms with van der Waals surface area (Å²) in [7, 11) is 0. The van der Waals surface area contributed by atoms with Gasteiger partial charge in [0.05, 0.1) is 4.47 Å². The van der Waals surface area contributed by atoms with Crippen molar-refractivity contribution in [1.29, 1.82) is 0 Å². The molecule has 0 atom stereocenters. The first-order valence-corrected chi connectivity index (χ1v) is 8.62. The number of benzene rings is 1. The molecule has 0 aromatic heterocycles. The van der Waals surface area contributed by atoms with Crippen molar-refractivity contribution in [2.45, 2.75) is 32.2 Å². The number of hydrogen-bond donors (Lipinski definition) is 1. The lowest BCUT2D eigenvalue weighted by molar-refractivity contribution is -0.274. The smallest absolute Gasteiger partial charge is 0.405 e. The Morgan fingerprint density at radius 2 is 1.96 bits per heavy atom. The third-order valence-corrected chi connectivity index (χ3v) is 5.43. The van der Waals surface area contributed by atoms with Gasteiger partial charge >= 0.3 is 6.36 Å². The van der Waals surface area contributed by atoms with Gasteiger partial charge in [0.25, 0.3) is 0 Å². The molecule has 0 saturated carbocycles. The molecule has 7 heteroatoms. The van der Waals surface area contributed by atoms with Gasteiger partial charge in [-0.05, 0) is 77.9 Å². The van der Waals surface area contributed by atoms with E-state index in [2.05, 4.69) is 30.9 Å². The van der Waals surface area contributed by atoms with E-state index in [0.717, 1.165) is 38.3 Å². The molecule has 3 nitrogen and oxygen atoms in total. The maximum Gasteiger partial charge on any atom is 0.573 e. The highest BCUT2D eigenvalue weighted by molar-refractivity contribution is 9.10. The van der Waals surface area contributed by atoms with Crippen molar-refractivity contribution in [1.82, 2.24) is 10.2 Å². The molecule has 1 aromatic carbocycles. The third-order valence-electron chi connectivity index (χ3n) is 4.81. The molecule has 0 unspecified atom stereocenters. The number of hydrogen-bond acceptors (Lipinski definition) is 3.